The lowest BCUT2D eigenvalue weighted by Gasteiger charge is -2.26. The summed E-state index contributed by atoms with van der Waals surface area (Å²) >= 11 is 0. The summed E-state index contributed by atoms with van der Waals surface area (Å²) in [4.78, 5) is 2.28. The highest BCUT2D eigenvalue weighted by molar-refractivity contribution is 6.12. The molecule has 0 fully saturated rings. The van der Waals surface area contributed by atoms with Gasteiger partial charge in [-0.05, 0) is 76.7 Å². The predicted molar refractivity (Wildman–Crippen MR) is 187 cm³/mol. The number of nitrogens with two attached hydrogens (primary N) is 1. The first-order valence-electron chi connectivity index (χ1n) is 15.1. The average molecular weight is 583 g/mol. The second-order valence-electron chi connectivity index (χ2n) is 11.2. The van der Waals surface area contributed by atoms with Crippen LogP contribution in [0, 0.1) is 0 Å². The van der Waals surface area contributed by atoms with Crippen molar-refractivity contribution in [3.05, 3.63) is 163 Å². The van der Waals surface area contributed by atoms with Gasteiger partial charge in [0, 0.05) is 33.2 Å². The van der Waals surface area contributed by atoms with Crippen LogP contribution in [0.5, 0.6) is 5.75 Å². The van der Waals surface area contributed by atoms with E-state index in [-0.39, 0.29) is 0 Å². The van der Waals surface area contributed by atoms with E-state index in [0.29, 0.717) is 18.0 Å². The highest BCUT2D eigenvalue weighted by Crippen LogP contribution is 2.42. The number of furan rings is 1. The van der Waals surface area contributed by atoms with Crippen molar-refractivity contribution in [2.45, 2.75) is 6.61 Å². The molecule has 45 heavy (non-hydrogen) atoms. The smallest absolute Gasteiger partial charge is 0.150 e. The lowest BCUT2D eigenvalue weighted by molar-refractivity contribution is 0.312. The minimum atomic E-state index is 0.438. The monoisotopic (exact) mass is 582 g/mol. The Morgan fingerprint density at radius 1 is 0.556 bits per heavy atom. The van der Waals surface area contributed by atoms with Crippen LogP contribution >= 0.6 is 0 Å². The van der Waals surface area contributed by atoms with Gasteiger partial charge in [0.1, 0.15) is 17.8 Å². The number of rotatable bonds is 7. The molecule has 4 heteroatoms. The molecule has 1 aromatic heterocycles. The van der Waals surface area contributed by atoms with Crippen LogP contribution in [0.2, 0.25) is 0 Å². The molecular formula is C41H30N2O2. The molecule has 0 radical (unpaired) electrons. The number of fused-ring (bicyclic) bond motifs is 4. The number of benzene rings is 7. The summed E-state index contributed by atoms with van der Waals surface area (Å²) in [6.45, 7) is 0.438. The Bertz CT molecular complexity index is 2290. The van der Waals surface area contributed by atoms with Gasteiger partial charge in [-0.2, -0.15) is 0 Å². The number of nitrogen functional groups attached to an aromatic ring is 1. The highest BCUT2D eigenvalue weighted by atomic mass is 16.5. The van der Waals surface area contributed by atoms with Gasteiger partial charge in [-0.15, -0.1) is 0 Å². The highest BCUT2D eigenvalue weighted by Gasteiger charge is 2.18. The van der Waals surface area contributed by atoms with Gasteiger partial charge in [0.15, 0.2) is 5.75 Å². The topological polar surface area (TPSA) is 51.6 Å². The summed E-state index contributed by atoms with van der Waals surface area (Å²) in [5.74, 6) is 0.693. The Hall–Kier alpha value is -6.00. The van der Waals surface area contributed by atoms with Crippen LogP contribution in [0.15, 0.2) is 162 Å². The second-order valence-corrected chi connectivity index (χ2v) is 11.2. The normalized spacial score (nSPS) is 11.3. The molecule has 0 aliphatic carbocycles. The van der Waals surface area contributed by atoms with Crippen LogP contribution < -0.4 is 15.4 Å². The minimum Gasteiger partial charge on any atom is -0.486 e. The quantitative estimate of drug-likeness (QED) is 0.190. The first-order valence-corrected chi connectivity index (χ1v) is 15.1. The fraction of sp³-hybridized carbons (Fsp3) is 0.0244. The van der Waals surface area contributed by atoms with Crippen molar-refractivity contribution in [1.82, 2.24) is 0 Å². The van der Waals surface area contributed by atoms with E-state index in [0.717, 1.165) is 66.5 Å². The standard InChI is InChI=1S/C41H30N2O2/c42-37-24-22-29-21-23-33(26-36(29)41(37)44-27-28-11-3-1-4-12-28)43(31-14-5-2-6-15-31)32-16-9-13-30(25-32)34-18-10-20-39-40(34)35-17-7-8-19-38(35)45-39/h1-26H,27,42H2. The Kier molecular flexibility index (Phi) is 6.65. The van der Waals surface area contributed by atoms with Gasteiger partial charge in [-0.1, -0.05) is 103 Å². The molecule has 0 saturated heterocycles. The zero-order valence-corrected chi connectivity index (χ0v) is 24.6. The molecule has 2 N–H and O–H groups in total. The molecule has 0 atom stereocenters. The Balaban J connectivity index is 1.26. The number of ether oxygens (including phenoxy) is 1. The summed E-state index contributed by atoms with van der Waals surface area (Å²) < 4.78 is 12.6. The van der Waals surface area contributed by atoms with Gasteiger partial charge < -0.3 is 19.8 Å². The number of hydrogen-bond acceptors (Lipinski definition) is 4. The van der Waals surface area contributed by atoms with Gasteiger partial charge in [-0.3, -0.25) is 0 Å². The zero-order chi connectivity index (χ0) is 30.2. The van der Waals surface area contributed by atoms with Crippen LogP contribution in [0.1, 0.15) is 5.56 Å². The van der Waals surface area contributed by atoms with E-state index in [4.69, 9.17) is 14.9 Å². The Morgan fingerprint density at radius 2 is 1.24 bits per heavy atom. The molecule has 0 aliphatic rings. The molecule has 8 rings (SSSR count). The molecule has 1 heterocycles. The fourth-order valence-electron chi connectivity index (χ4n) is 6.18. The van der Waals surface area contributed by atoms with Crippen molar-refractivity contribution in [1.29, 1.82) is 0 Å². The zero-order valence-electron chi connectivity index (χ0n) is 24.6. The van der Waals surface area contributed by atoms with Gasteiger partial charge in [0.25, 0.3) is 0 Å². The maximum Gasteiger partial charge on any atom is 0.150 e. The van der Waals surface area contributed by atoms with E-state index in [2.05, 4.69) is 108 Å². The molecule has 7 aromatic carbocycles. The van der Waals surface area contributed by atoms with Crippen LogP contribution in [-0.2, 0) is 6.61 Å². The van der Waals surface area contributed by atoms with Crippen molar-refractivity contribution in [2.24, 2.45) is 0 Å². The van der Waals surface area contributed by atoms with Crippen molar-refractivity contribution in [3.63, 3.8) is 0 Å². The average Bonchev–Trinajstić information content (AvgIpc) is 3.48. The number of anilines is 4. The van der Waals surface area contributed by atoms with E-state index in [1.807, 2.05) is 54.6 Å². The molecule has 4 nitrogen and oxygen atoms in total. The molecule has 8 aromatic rings. The van der Waals surface area contributed by atoms with Crippen LogP contribution in [0.25, 0.3) is 43.8 Å². The molecule has 0 saturated carbocycles. The van der Waals surface area contributed by atoms with E-state index < -0.39 is 0 Å². The summed E-state index contributed by atoms with van der Waals surface area (Å²) in [5.41, 5.74) is 15.3. The largest absolute Gasteiger partial charge is 0.486 e. The SMILES string of the molecule is Nc1ccc2ccc(N(c3ccccc3)c3cccc(-c4cccc5oc6ccccc6c45)c3)cc2c1OCc1ccccc1. The molecule has 0 spiro atoms. The van der Waals surface area contributed by atoms with E-state index in [9.17, 15) is 0 Å². The van der Waals surface area contributed by atoms with Gasteiger partial charge in [0.2, 0.25) is 0 Å². The summed E-state index contributed by atoms with van der Waals surface area (Å²) in [7, 11) is 0. The van der Waals surface area contributed by atoms with Gasteiger partial charge in [0.05, 0.1) is 5.69 Å². The number of para-hydroxylation sites is 2. The van der Waals surface area contributed by atoms with E-state index in [1.165, 1.54) is 0 Å². The molecule has 216 valence electrons. The third-order valence-electron chi connectivity index (χ3n) is 8.30. The lowest BCUT2D eigenvalue weighted by atomic mass is 9.98. The van der Waals surface area contributed by atoms with Crippen LogP contribution in [-0.4, -0.2) is 0 Å². The first kappa shape index (κ1) is 26.6. The van der Waals surface area contributed by atoms with Crippen molar-refractivity contribution >= 4 is 55.5 Å². The minimum absolute atomic E-state index is 0.438. The third-order valence-corrected chi connectivity index (χ3v) is 8.30. The molecule has 0 unspecified atom stereocenters. The summed E-state index contributed by atoms with van der Waals surface area (Å²) in [5, 5.41) is 4.27. The third kappa shape index (κ3) is 4.92. The van der Waals surface area contributed by atoms with Gasteiger partial charge in [-0.25, -0.2) is 0 Å². The maximum absolute atomic E-state index is 6.51. The number of nitrogens with zero attached hydrogens (tertiary/aromatic N) is 1. The van der Waals surface area contributed by atoms with Gasteiger partial charge >= 0.3 is 0 Å². The second kappa shape index (κ2) is 11.3. The summed E-state index contributed by atoms with van der Waals surface area (Å²) in [6, 6.07) is 54.2. The number of hydrogen-bond donors (Lipinski definition) is 1. The molecule has 0 amide bonds. The van der Waals surface area contributed by atoms with Crippen LogP contribution in [0.3, 0.4) is 0 Å². The van der Waals surface area contributed by atoms with Crippen molar-refractivity contribution < 1.29 is 9.15 Å². The predicted octanol–water partition coefficient (Wildman–Crippen LogP) is 11.0. The van der Waals surface area contributed by atoms with Crippen molar-refractivity contribution in [3.8, 4) is 16.9 Å². The Morgan fingerprint density at radius 3 is 2.11 bits per heavy atom. The van der Waals surface area contributed by atoms with Crippen LogP contribution in [0.4, 0.5) is 22.7 Å². The first-order chi connectivity index (χ1) is 22.2. The van der Waals surface area contributed by atoms with Crippen molar-refractivity contribution in [2.75, 3.05) is 10.6 Å². The summed E-state index contributed by atoms with van der Waals surface area (Å²) in [6.07, 6.45) is 0. The fourth-order valence-corrected chi connectivity index (χ4v) is 6.18. The Labute approximate surface area is 261 Å². The molecule has 0 aliphatic heterocycles. The molecular weight excluding hydrogens is 552 g/mol. The molecule has 0 bridgehead atoms. The van der Waals surface area contributed by atoms with E-state index in [1.54, 1.807) is 0 Å². The van der Waals surface area contributed by atoms with E-state index >= 15 is 0 Å². The lowest BCUT2D eigenvalue weighted by Crippen LogP contribution is -2.10. The maximum atomic E-state index is 6.51.